The molecule has 4 rings (SSSR count). The molecule has 1 saturated heterocycles. The number of rotatable bonds is 6. The van der Waals surface area contributed by atoms with Gasteiger partial charge in [-0.2, -0.15) is 21.6 Å². The van der Waals surface area contributed by atoms with Gasteiger partial charge < -0.3 is 4.84 Å². The van der Waals surface area contributed by atoms with Crippen molar-refractivity contribution in [1.82, 2.24) is 4.47 Å². The molecule has 2 atom stereocenters. The van der Waals surface area contributed by atoms with Crippen molar-refractivity contribution in [3.8, 4) is 0 Å². The lowest BCUT2D eigenvalue weighted by Crippen LogP contribution is -2.42. The maximum Gasteiger partial charge on any atom is 0.435 e. The Morgan fingerprint density at radius 2 is 1.86 bits per heavy atom. The molecule has 194 valence electrons. The fourth-order valence-corrected chi connectivity index (χ4v) is 5.26. The van der Waals surface area contributed by atoms with E-state index in [1.54, 1.807) is 6.92 Å². The van der Waals surface area contributed by atoms with Crippen molar-refractivity contribution in [3.63, 3.8) is 0 Å². The van der Waals surface area contributed by atoms with Crippen LogP contribution in [0.15, 0.2) is 41.6 Å². The molecule has 2 aliphatic rings. The molecule has 0 aliphatic carbocycles. The summed E-state index contributed by atoms with van der Waals surface area (Å²) in [5, 5.41) is 3.72. The Morgan fingerprint density at radius 3 is 2.42 bits per heavy atom. The molecule has 0 unspecified atom stereocenters. The summed E-state index contributed by atoms with van der Waals surface area (Å²) in [6.07, 6.45) is -5.60. The molecule has 0 bridgehead atoms. The number of ketones is 1. The van der Waals surface area contributed by atoms with Crippen molar-refractivity contribution < 1.29 is 39.9 Å². The van der Waals surface area contributed by atoms with Crippen molar-refractivity contribution in [2.75, 3.05) is 13.2 Å². The quantitative estimate of drug-likeness (QED) is 0.259. The molecule has 2 aliphatic heterocycles. The lowest BCUT2D eigenvalue weighted by atomic mass is 9.86. The van der Waals surface area contributed by atoms with Gasteiger partial charge in [0.2, 0.25) is 0 Å². The molecule has 1 fully saturated rings. The van der Waals surface area contributed by atoms with Gasteiger partial charge >= 0.3 is 16.6 Å². The third kappa shape index (κ3) is 5.23. The number of carbonyl (C=O) groups is 1. The minimum absolute atomic E-state index is 0.0109. The first-order valence-corrected chi connectivity index (χ1v) is 12.6. The molecule has 0 N–H and O–H groups in total. The van der Waals surface area contributed by atoms with Crippen molar-refractivity contribution in [2.45, 2.75) is 31.5 Å². The monoisotopic (exact) mass is 568 g/mol. The molecular formula is C22H18Cl2F4N2O5S. The molecule has 0 amide bonds. The van der Waals surface area contributed by atoms with Gasteiger partial charge in [0.15, 0.2) is 5.78 Å². The third-order valence-corrected chi connectivity index (χ3v) is 7.13. The van der Waals surface area contributed by atoms with E-state index in [1.807, 2.05) is 0 Å². The minimum Gasteiger partial charge on any atom is -0.374 e. The van der Waals surface area contributed by atoms with Crippen LogP contribution in [0.25, 0.3) is 0 Å². The molecular weight excluding hydrogens is 551 g/mol. The Bertz CT molecular complexity index is 1330. The highest BCUT2D eigenvalue weighted by atomic mass is 35.5. The highest BCUT2D eigenvalue weighted by Gasteiger charge is 2.62. The molecule has 0 saturated carbocycles. The average molecular weight is 569 g/mol. The number of benzene rings is 2. The van der Waals surface area contributed by atoms with E-state index in [2.05, 4.69) is 5.16 Å². The predicted molar refractivity (Wildman–Crippen MR) is 123 cm³/mol. The topological polar surface area (TPSA) is 85.3 Å². The van der Waals surface area contributed by atoms with Crippen LogP contribution in [0.3, 0.4) is 0 Å². The second kappa shape index (κ2) is 9.56. The smallest absolute Gasteiger partial charge is 0.374 e. The van der Waals surface area contributed by atoms with Crippen LogP contribution in [0.1, 0.15) is 39.9 Å². The summed E-state index contributed by atoms with van der Waals surface area (Å²) < 4.78 is 77.7. The van der Waals surface area contributed by atoms with Crippen LogP contribution in [0.5, 0.6) is 0 Å². The first kappa shape index (κ1) is 26.8. The van der Waals surface area contributed by atoms with E-state index in [9.17, 15) is 30.3 Å². The largest absolute Gasteiger partial charge is 0.435 e. The second-order valence-corrected chi connectivity index (χ2v) is 10.6. The Labute approximate surface area is 213 Å². The number of Topliss-reactive ketones (excluding diaryl/α,β-unsaturated/α-hetero) is 1. The van der Waals surface area contributed by atoms with E-state index in [4.69, 9.17) is 32.9 Å². The number of halogens is 6. The number of alkyl halides is 3. The Kier molecular flexibility index (Phi) is 7.12. The molecule has 14 heteroatoms. The van der Waals surface area contributed by atoms with Gasteiger partial charge in [-0.3, -0.25) is 9.63 Å². The zero-order chi connectivity index (χ0) is 26.5. The van der Waals surface area contributed by atoms with Gasteiger partial charge in [-0.25, -0.2) is 0 Å². The van der Waals surface area contributed by atoms with E-state index in [0.29, 0.717) is 11.1 Å². The van der Waals surface area contributed by atoms with Gasteiger partial charge in [0.05, 0.1) is 12.3 Å². The maximum atomic E-state index is 14.2. The number of aryl methyl sites for hydroxylation is 1. The van der Waals surface area contributed by atoms with Crippen LogP contribution in [0, 0.1) is 12.8 Å². The van der Waals surface area contributed by atoms with Gasteiger partial charge in [0.1, 0.15) is 0 Å². The summed E-state index contributed by atoms with van der Waals surface area (Å²) >= 11 is 11.8. The van der Waals surface area contributed by atoms with E-state index in [1.165, 1.54) is 24.3 Å². The van der Waals surface area contributed by atoms with Crippen molar-refractivity contribution in [3.05, 3.63) is 68.7 Å². The molecule has 2 aromatic carbocycles. The van der Waals surface area contributed by atoms with Crippen LogP contribution in [-0.4, -0.2) is 43.7 Å². The average Bonchev–Trinajstić information content (AvgIpc) is 3.40. The van der Waals surface area contributed by atoms with Crippen molar-refractivity contribution in [1.29, 1.82) is 0 Å². The van der Waals surface area contributed by atoms with Gasteiger partial charge in [0, 0.05) is 46.5 Å². The summed E-state index contributed by atoms with van der Waals surface area (Å²) in [6, 6.07) is 7.94. The van der Waals surface area contributed by atoms with Gasteiger partial charge in [-0.1, -0.05) is 48.8 Å². The molecule has 0 spiro atoms. The fourth-order valence-electron chi connectivity index (χ4n) is 4.15. The molecule has 2 heterocycles. The zero-order valence-corrected chi connectivity index (χ0v) is 20.8. The van der Waals surface area contributed by atoms with E-state index < -0.39 is 34.5 Å². The third-order valence-electron chi connectivity index (χ3n) is 5.95. The molecule has 0 aromatic heterocycles. The zero-order valence-electron chi connectivity index (χ0n) is 18.5. The SMILES string of the molecule is Cc1cc(C2=NO[C@@](c3cc(Cl)cc(Cl)c3)(C(F)(F)F)C2)ccc1C(=O)C[C@H]1CON(S(=O)(=O)F)C1. The minimum atomic E-state index is -5.02. The number of nitrogens with zero attached hydrogens (tertiary/aromatic N) is 2. The summed E-state index contributed by atoms with van der Waals surface area (Å²) in [7, 11) is -5.02. The number of oxime groups is 1. The van der Waals surface area contributed by atoms with E-state index >= 15 is 0 Å². The lowest BCUT2D eigenvalue weighted by Gasteiger charge is -2.29. The second-order valence-electron chi connectivity index (χ2n) is 8.54. The molecule has 2 aromatic rings. The van der Waals surface area contributed by atoms with Gasteiger partial charge in [0.25, 0.3) is 5.60 Å². The summed E-state index contributed by atoms with van der Waals surface area (Å²) in [4.78, 5) is 22.5. The number of hydroxylamine groups is 1. The molecule has 36 heavy (non-hydrogen) atoms. The number of carbonyl (C=O) groups excluding carboxylic acids is 1. The predicted octanol–water partition coefficient (Wildman–Crippen LogP) is 5.53. The maximum absolute atomic E-state index is 14.2. The van der Waals surface area contributed by atoms with Crippen LogP contribution >= 0.6 is 23.2 Å². The Hall–Kier alpha value is -2.25. The number of hydrogen-bond acceptors (Lipinski definition) is 6. The van der Waals surface area contributed by atoms with Gasteiger partial charge in [-0.15, -0.1) is 0 Å². The van der Waals surface area contributed by atoms with E-state index in [-0.39, 0.29) is 56.7 Å². The molecule has 0 radical (unpaired) electrons. The van der Waals surface area contributed by atoms with E-state index in [0.717, 1.165) is 12.1 Å². The van der Waals surface area contributed by atoms with Crippen molar-refractivity contribution >= 4 is 45.1 Å². The number of hydrogen-bond donors (Lipinski definition) is 0. The highest BCUT2D eigenvalue weighted by Crippen LogP contribution is 2.49. The van der Waals surface area contributed by atoms with Crippen LogP contribution in [0.4, 0.5) is 17.1 Å². The normalized spacial score (nSPS) is 23.0. The highest BCUT2D eigenvalue weighted by molar-refractivity contribution is 7.83. The molecule has 7 nitrogen and oxygen atoms in total. The summed E-state index contributed by atoms with van der Waals surface area (Å²) in [6.45, 7) is 1.15. The van der Waals surface area contributed by atoms with Crippen LogP contribution in [0.2, 0.25) is 10.0 Å². The summed E-state index contributed by atoms with van der Waals surface area (Å²) in [5.74, 6) is -0.903. The Balaban J connectivity index is 1.53. The first-order chi connectivity index (χ1) is 16.7. The van der Waals surface area contributed by atoms with Crippen molar-refractivity contribution in [2.24, 2.45) is 11.1 Å². The van der Waals surface area contributed by atoms with Crippen LogP contribution < -0.4 is 0 Å². The fraction of sp³-hybridized carbons (Fsp3) is 0.364. The first-order valence-electron chi connectivity index (χ1n) is 10.5. The van der Waals surface area contributed by atoms with Gasteiger partial charge in [-0.05, 0) is 42.3 Å². The summed E-state index contributed by atoms with van der Waals surface area (Å²) in [5.41, 5.74) is -2.00. The lowest BCUT2D eigenvalue weighted by molar-refractivity contribution is -0.275. The standard InChI is InChI=1S/C22H18Cl2F4N2O5S/c1-12-4-14(2-3-18(12)20(31)5-13-10-30(34-11-13)36(28,32)33)19-9-21(35-29-19,22(25,26)27)15-6-16(23)8-17(24)7-15/h2-4,6-8,13H,5,9-11H2,1H3/t13-,21+/m1/s1. The van der Waals surface area contributed by atoms with Crippen LogP contribution in [-0.2, 0) is 25.7 Å². The Morgan fingerprint density at radius 1 is 1.19 bits per heavy atom.